The van der Waals surface area contributed by atoms with E-state index in [1.807, 2.05) is 4.90 Å². The van der Waals surface area contributed by atoms with Gasteiger partial charge < -0.3 is 10.2 Å². The number of pyridine rings is 1. The third-order valence-electron chi connectivity index (χ3n) is 4.77. The number of fused-ring (bicyclic) bond motifs is 1. The Bertz CT molecular complexity index is 915. The number of rotatable bonds is 2. The normalized spacial score (nSPS) is 23.0. The minimum absolute atomic E-state index is 0.00881. The number of imide groups is 1. The number of carbonyl (C=O) groups excluding carboxylic acids is 2. The molecule has 9 nitrogen and oxygen atoms in total. The van der Waals surface area contributed by atoms with Crippen LogP contribution >= 0.6 is 0 Å². The van der Waals surface area contributed by atoms with Crippen molar-refractivity contribution in [2.75, 3.05) is 18.0 Å². The Morgan fingerprint density at radius 3 is 2.84 bits per heavy atom. The highest BCUT2D eigenvalue weighted by molar-refractivity contribution is 6.07. The van der Waals surface area contributed by atoms with Crippen LogP contribution in [-0.2, 0) is 4.79 Å². The van der Waals surface area contributed by atoms with Gasteiger partial charge in [-0.2, -0.15) is 0 Å². The van der Waals surface area contributed by atoms with Crippen LogP contribution in [0.2, 0.25) is 0 Å². The molecular formula is C16H15N5O4. The molecule has 0 aliphatic carbocycles. The molecule has 1 unspecified atom stereocenters. The van der Waals surface area contributed by atoms with E-state index in [9.17, 15) is 19.7 Å². The second-order valence-corrected chi connectivity index (χ2v) is 6.28. The summed E-state index contributed by atoms with van der Waals surface area (Å²) in [6.45, 7) is 0.975. The number of nitrogens with one attached hydrogen (secondary N) is 2. The highest BCUT2D eigenvalue weighted by Gasteiger charge is 2.49. The third-order valence-corrected chi connectivity index (χ3v) is 4.77. The Balaban J connectivity index is 1.77. The molecule has 0 radical (unpaired) electrons. The van der Waals surface area contributed by atoms with Gasteiger partial charge in [0.05, 0.1) is 22.5 Å². The number of urea groups is 1. The van der Waals surface area contributed by atoms with E-state index in [2.05, 4.69) is 15.6 Å². The van der Waals surface area contributed by atoms with Gasteiger partial charge >= 0.3 is 6.03 Å². The molecule has 1 atom stereocenters. The highest BCUT2D eigenvalue weighted by Crippen LogP contribution is 2.35. The lowest BCUT2D eigenvalue weighted by atomic mass is 9.88. The van der Waals surface area contributed by atoms with E-state index in [0.717, 1.165) is 0 Å². The zero-order valence-electron chi connectivity index (χ0n) is 13.2. The van der Waals surface area contributed by atoms with Crippen LogP contribution in [0.5, 0.6) is 0 Å². The quantitative estimate of drug-likeness (QED) is 0.483. The van der Waals surface area contributed by atoms with Gasteiger partial charge in [0, 0.05) is 18.8 Å². The van der Waals surface area contributed by atoms with Crippen molar-refractivity contribution in [1.29, 1.82) is 0 Å². The average Bonchev–Trinajstić information content (AvgIpc) is 2.86. The summed E-state index contributed by atoms with van der Waals surface area (Å²) in [4.78, 5) is 40.9. The molecule has 4 rings (SSSR count). The van der Waals surface area contributed by atoms with Crippen molar-refractivity contribution in [3.8, 4) is 0 Å². The second-order valence-electron chi connectivity index (χ2n) is 6.28. The SMILES string of the molecule is O=C1NC(=O)C2(CCCN(c3ccc([N+](=O)[O-])c4cccnc34)C2)N1. The van der Waals surface area contributed by atoms with Crippen LogP contribution in [0.15, 0.2) is 30.5 Å². The van der Waals surface area contributed by atoms with Crippen molar-refractivity contribution < 1.29 is 14.5 Å². The fraction of sp³-hybridized carbons (Fsp3) is 0.312. The van der Waals surface area contributed by atoms with Crippen molar-refractivity contribution in [2.24, 2.45) is 0 Å². The molecule has 2 N–H and O–H groups in total. The first-order valence-corrected chi connectivity index (χ1v) is 7.91. The Morgan fingerprint density at radius 1 is 1.28 bits per heavy atom. The fourth-order valence-corrected chi connectivity index (χ4v) is 3.63. The van der Waals surface area contributed by atoms with Crippen LogP contribution in [0.4, 0.5) is 16.2 Å². The van der Waals surface area contributed by atoms with Crippen LogP contribution in [0.25, 0.3) is 10.9 Å². The third kappa shape index (κ3) is 2.35. The number of nitrogens with zero attached hydrogens (tertiary/aromatic N) is 3. The molecule has 9 heteroatoms. The van der Waals surface area contributed by atoms with Gasteiger partial charge in [-0.3, -0.25) is 25.2 Å². The number of amides is 3. The maximum absolute atomic E-state index is 12.2. The van der Waals surface area contributed by atoms with Gasteiger partial charge in [-0.1, -0.05) is 0 Å². The maximum Gasteiger partial charge on any atom is 0.322 e. The topological polar surface area (TPSA) is 117 Å². The Labute approximate surface area is 142 Å². The Hall–Kier alpha value is -3.23. The fourth-order valence-electron chi connectivity index (χ4n) is 3.63. The van der Waals surface area contributed by atoms with Crippen LogP contribution < -0.4 is 15.5 Å². The zero-order chi connectivity index (χ0) is 17.6. The molecule has 25 heavy (non-hydrogen) atoms. The minimum atomic E-state index is -0.960. The van der Waals surface area contributed by atoms with E-state index in [1.165, 1.54) is 6.07 Å². The summed E-state index contributed by atoms with van der Waals surface area (Å²) in [5.41, 5.74) is 0.260. The van der Waals surface area contributed by atoms with Crippen LogP contribution in [0.1, 0.15) is 12.8 Å². The van der Waals surface area contributed by atoms with Crippen molar-refractivity contribution >= 4 is 34.2 Å². The number of nitro groups is 1. The zero-order valence-corrected chi connectivity index (χ0v) is 13.2. The van der Waals surface area contributed by atoms with Crippen LogP contribution in [-0.4, -0.2) is 40.5 Å². The average molecular weight is 341 g/mol. The van der Waals surface area contributed by atoms with Gasteiger partial charge in [0.1, 0.15) is 11.1 Å². The lowest BCUT2D eigenvalue weighted by Gasteiger charge is -2.39. The van der Waals surface area contributed by atoms with Gasteiger partial charge in [0.25, 0.3) is 11.6 Å². The first-order chi connectivity index (χ1) is 12.0. The molecule has 0 bridgehead atoms. The number of benzene rings is 1. The molecule has 2 aliphatic heterocycles. The van der Waals surface area contributed by atoms with E-state index in [1.54, 1.807) is 24.4 Å². The molecule has 2 aliphatic rings. The molecule has 3 amide bonds. The molecule has 128 valence electrons. The van der Waals surface area contributed by atoms with Crippen molar-refractivity contribution in [3.63, 3.8) is 0 Å². The van der Waals surface area contributed by atoms with Crippen LogP contribution in [0.3, 0.4) is 0 Å². The molecule has 1 spiro atoms. The molecular weight excluding hydrogens is 326 g/mol. The van der Waals surface area contributed by atoms with Crippen LogP contribution in [0, 0.1) is 10.1 Å². The van der Waals surface area contributed by atoms with Crippen molar-refractivity contribution in [3.05, 3.63) is 40.6 Å². The number of hydrogen-bond acceptors (Lipinski definition) is 6. The number of anilines is 1. The monoisotopic (exact) mass is 341 g/mol. The van der Waals surface area contributed by atoms with Gasteiger partial charge in [0.2, 0.25) is 0 Å². The van der Waals surface area contributed by atoms with E-state index in [4.69, 9.17) is 0 Å². The van der Waals surface area contributed by atoms with Crippen molar-refractivity contribution in [2.45, 2.75) is 18.4 Å². The molecule has 3 heterocycles. The summed E-state index contributed by atoms with van der Waals surface area (Å²) >= 11 is 0. The number of aromatic nitrogens is 1. The molecule has 2 fully saturated rings. The molecule has 0 saturated carbocycles. The summed E-state index contributed by atoms with van der Waals surface area (Å²) in [6.07, 6.45) is 2.84. The predicted molar refractivity (Wildman–Crippen MR) is 89.2 cm³/mol. The Kier molecular flexibility index (Phi) is 3.31. The number of piperidine rings is 1. The lowest BCUT2D eigenvalue weighted by molar-refractivity contribution is -0.383. The second kappa shape index (κ2) is 5.40. The first kappa shape index (κ1) is 15.3. The molecule has 2 saturated heterocycles. The largest absolute Gasteiger partial charge is 0.367 e. The standard InChI is InChI=1S/C16H15N5O4/c22-14-16(19-15(23)18-14)6-2-8-20(9-16)12-5-4-11(21(24)25)10-3-1-7-17-13(10)12/h1,3-5,7H,2,6,8-9H2,(H2,18,19,22,23). The van der Waals surface area contributed by atoms with E-state index in [-0.39, 0.29) is 11.6 Å². The first-order valence-electron chi connectivity index (χ1n) is 7.91. The Morgan fingerprint density at radius 2 is 2.12 bits per heavy atom. The summed E-state index contributed by atoms with van der Waals surface area (Å²) in [5.74, 6) is -0.332. The summed E-state index contributed by atoms with van der Waals surface area (Å²) < 4.78 is 0. The van der Waals surface area contributed by atoms with Gasteiger partial charge in [-0.05, 0) is 31.0 Å². The van der Waals surface area contributed by atoms with E-state index in [0.29, 0.717) is 42.5 Å². The lowest BCUT2D eigenvalue weighted by Crippen LogP contribution is -2.58. The van der Waals surface area contributed by atoms with Gasteiger partial charge in [-0.25, -0.2) is 4.79 Å². The number of non-ortho nitro benzene ring substituents is 1. The van der Waals surface area contributed by atoms with Crippen molar-refractivity contribution in [1.82, 2.24) is 15.6 Å². The van der Waals surface area contributed by atoms with Gasteiger partial charge in [-0.15, -0.1) is 0 Å². The smallest absolute Gasteiger partial charge is 0.322 e. The summed E-state index contributed by atoms with van der Waals surface area (Å²) in [6, 6.07) is 5.93. The summed E-state index contributed by atoms with van der Waals surface area (Å²) in [5, 5.41) is 16.7. The highest BCUT2D eigenvalue weighted by atomic mass is 16.6. The molecule has 2 aromatic rings. The number of hydrogen-bond donors (Lipinski definition) is 2. The maximum atomic E-state index is 12.2. The summed E-state index contributed by atoms with van der Waals surface area (Å²) in [7, 11) is 0. The number of nitro benzene ring substituents is 1. The number of carbonyl (C=O) groups is 2. The van der Waals surface area contributed by atoms with Gasteiger partial charge in [0.15, 0.2) is 0 Å². The van der Waals surface area contributed by atoms with E-state index >= 15 is 0 Å². The molecule has 1 aromatic heterocycles. The minimum Gasteiger partial charge on any atom is -0.367 e. The predicted octanol–water partition coefficient (Wildman–Crippen LogP) is 1.32. The van der Waals surface area contributed by atoms with E-state index < -0.39 is 16.5 Å². The molecule has 1 aromatic carbocycles.